The lowest BCUT2D eigenvalue weighted by molar-refractivity contribution is 0.126. The molecule has 176 valence electrons. The summed E-state index contributed by atoms with van der Waals surface area (Å²) >= 11 is 0. The second kappa shape index (κ2) is 24.2. The van der Waals surface area contributed by atoms with Crippen molar-refractivity contribution in [2.24, 2.45) is 5.73 Å². The van der Waals surface area contributed by atoms with Crippen LogP contribution < -0.4 is 5.73 Å². The molecule has 2 unspecified atom stereocenters. The normalized spacial score (nSPS) is 13.7. The number of rotatable bonds is 24. The van der Waals surface area contributed by atoms with Crippen LogP contribution in [-0.4, -0.2) is 17.3 Å². The van der Waals surface area contributed by atoms with E-state index in [2.05, 4.69) is 13.8 Å². The molecular weight excluding hydrogens is 354 g/mol. The average Bonchev–Trinajstić information content (AvgIpc) is 2.73. The highest BCUT2D eigenvalue weighted by molar-refractivity contribution is 4.71. The summed E-state index contributed by atoms with van der Waals surface area (Å²) in [5.74, 6) is 0. The molecule has 3 N–H and O–H groups in total. The summed E-state index contributed by atoms with van der Waals surface area (Å²) in [6.07, 6.45) is 30.2. The molecule has 0 rings (SSSR count). The second-order valence-electron chi connectivity index (χ2n) is 9.53. The molecule has 0 aromatic heterocycles. The quantitative estimate of drug-likeness (QED) is 0.156. The smallest absolute Gasteiger partial charge is 0.0691 e. The predicted molar refractivity (Wildman–Crippen MR) is 132 cm³/mol. The molecule has 0 saturated carbocycles. The third kappa shape index (κ3) is 22.4. The minimum atomic E-state index is -0.285. The van der Waals surface area contributed by atoms with Gasteiger partial charge in [-0.25, -0.2) is 0 Å². The molecule has 0 amide bonds. The van der Waals surface area contributed by atoms with Gasteiger partial charge in [-0.1, -0.05) is 149 Å². The maximum Gasteiger partial charge on any atom is 0.0691 e. The van der Waals surface area contributed by atoms with Crippen molar-refractivity contribution in [1.82, 2.24) is 0 Å². The topological polar surface area (TPSA) is 46.2 Å². The van der Waals surface area contributed by atoms with Crippen molar-refractivity contribution < 1.29 is 5.11 Å². The highest BCUT2D eigenvalue weighted by Gasteiger charge is 2.13. The molecule has 29 heavy (non-hydrogen) atoms. The number of unbranched alkanes of at least 4 members (excludes halogenated alkanes) is 19. The van der Waals surface area contributed by atoms with Crippen LogP contribution in [0.2, 0.25) is 0 Å². The van der Waals surface area contributed by atoms with Crippen molar-refractivity contribution in [2.45, 2.75) is 174 Å². The van der Waals surface area contributed by atoms with Crippen molar-refractivity contribution in [3.63, 3.8) is 0 Å². The van der Waals surface area contributed by atoms with Crippen molar-refractivity contribution in [3.8, 4) is 0 Å². The van der Waals surface area contributed by atoms with Crippen LogP contribution in [0.3, 0.4) is 0 Å². The van der Waals surface area contributed by atoms with Gasteiger partial charge in [-0.15, -0.1) is 0 Å². The van der Waals surface area contributed by atoms with Gasteiger partial charge in [0.15, 0.2) is 0 Å². The van der Waals surface area contributed by atoms with Crippen LogP contribution in [0.5, 0.6) is 0 Å². The highest BCUT2D eigenvalue weighted by Crippen LogP contribution is 2.15. The van der Waals surface area contributed by atoms with Crippen LogP contribution in [0, 0.1) is 0 Å². The Balaban J connectivity index is 3.26. The van der Waals surface area contributed by atoms with Gasteiger partial charge in [0, 0.05) is 6.04 Å². The van der Waals surface area contributed by atoms with E-state index < -0.39 is 0 Å². The molecule has 0 radical (unpaired) electrons. The van der Waals surface area contributed by atoms with Gasteiger partial charge < -0.3 is 10.8 Å². The average molecular weight is 412 g/mol. The van der Waals surface area contributed by atoms with E-state index in [9.17, 15) is 5.11 Å². The van der Waals surface area contributed by atoms with E-state index in [1.54, 1.807) is 0 Å². The first-order valence-electron chi connectivity index (χ1n) is 13.7. The van der Waals surface area contributed by atoms with Crippen LogP contribution in [0.4, 0.5) is 0 Å². The number of aliphatic hydroxyl groups is 1. The summed E-state index contributed by atoms with van der Waals surface area (Å²) < 4.78 is 0. The Labute approximate surface area is 184 Å². The van der Waals surface area contributed by atoms with E-state index >= 15 is 0 Å². The number of aliphatic hydroxyl groups excluding tert-OH is 1. The van der Waals surface area contributed by atoms with E-state index in [4.69, 9.17) is 5.73 Å². The maximum absolute atomic E-state index is 10.2. The summed E-state index contributed by atoms with van der Waals surface area (Å²) in [5, 5.41) is 10.2. The van der Waals surface area contributed by atoms with Gasteiger partial charge in [0.05, 0.1) is 6.10 Å². The van der Waals surface area contributed by atoms with E-state index in [-0.39, 0.29) is 12.1 Å². The lowest BCUT2D eigenvalue weighted by Gasteiger charge is -2.18. The Morgan fingerprint density at radius 2 is 0.724 bits per heavy atom. The minimum absolute atomic E-state index is 0.00702. The van der Waals surface area contributed by atoms with Crippen LogP contribution in [0.1, 0.15) is 162 Å². The summed E-state index contributed by atoms with van der Waals surface area (Å²) in [6, 6.07) is -0.00702. The van der Waals surface area contributed by atoms with Gasteiger partial charge in [-0.2, -0.15) is 0 Å². The van der Waals surface area contributed by atoms with Crippen molar-refractivity contribution in [3.05, 3.63) is 0 Å². The molecule has 0 spiro atoms. The number of hydrogen-bond acceptors (Lipinski definition) is 2. The fraction of sp³-hybridized carbons (Fsp3) is 1.00. The minimum Gasteiger partial charge on any atom is -0.392 e. The molecule has 0 bridgehead atoms. The first-order valence-corrected chi connectivity index (χ1v) is 13.7. The second-order valence-corrected chi connectivity index (χ2v) is 9.53. The Kier molecular flexibility index (Phi) is 24.1. The monoisotopic (exact) mass is 411 g/mol. The third-order valence-electron chi connectivity index (χ3n) is 6.49. The number of nitrogens with two attached hydrogens (primary N) is 1. The molecule has 2 atom stereocenters. The molecule has 0 aromatic carbocycles. The van der Waals surface area contributed by atoms with Gasteiger partial charge in [0.1, 0.15) is 0 Å². The molecule has 0 fully saturated rings. The van der Waals surface area contributed by atoms with E-state index in [0.29, 0.717) is 0 Å². The number of hydrogen-bond donors (Lipinski definition) is 2. The summed E-state index contributed by atoms with van der Waals surface area (Å²) in [6.45, 7) is 4.55. The van der Waals surface area contributed by atoms with Crippen LogP contribution >= 0.6 is 0 Å². The van der Waals surface area contributed by atoms with Crippen molar-refractivity contribution >= 4 is 0 Å². The molecular formula is C27H57NO. The summed E-state index contributed by atoms with van der Waals surface area (Å²) in [4.78, 5) is 0. The SMILES string of the molecule is CCCCCCCCCCCCCCCCC(N)C(O)CCCCCCCCC. The summed E-state index contributed by atoms with van der Waals surface area (Å²) in [5.41, 5.74) is 6.19. The Morgan fingerprint density at radius 1 is 0.448 bits per heavy atom. The first-order chi connectivity index (χ1) is 14.2. The summed E-state index contributed by atoms with van der Waals surface area (Å²) in [7, 11) is 0. The fourth-order valence-electron chi connectivity index (χ4n) is 4.29. The van der Waals surface area contributed by atoms with Gasteiger partial charge in [-0.3, -0.25) is 0 Å². The standard InChI is InChI=1S/C27H57NO/c1-3-5-7-9-11-12-13-14-15-16-17-19-20-22-24-26(28)27(29)25-23-21-18-10-8-6-4-2/h26-27,29H,3-25,28H2,1-2H3. The highest BCUT2D eigenvalue weighted by atomic mass is 16.3. The maximum atomic E-state index is 10.2. The molecule has 2 nitrogen and oxygen atoms in total. The molecule has 0 heterocycles. The largest absolute Gasteiger partial charge is 0.392 e. The zero-order valence-corrected chi connectivity index (χ0v) is 20.4. The van der Waals surface area contributed by atoms with Gasteiger partial charge in [-0.05, 0) is 12.8 Å². The third-order valence-corrected chi connectivity index (χ3v) is 6.49. The van der Waals surface area contributed by atoms with Crippen LogP contribution in [-0.2, 0) is 0 Å². The van der Waals surface area contributed by atoms with E-state index in [1.807, 2.05) is 0 Å². The van der Waals surface area contributed by atoms with E-state index in [0.717, 1.165) is 19.3 Å². The van der Waals surface area contributed by atoms with Gasteiger partial charge >= 0.3 is 0 Å². The van der Waals surface area contributed by atoms with Crippen LogP contribution in [0.25, 0.3) is 0 Å². The van der Waals surface area contributed by atoms with Crippen molar-refractivity contribution in [1.29, 1.82) is 0 Å². The molecule has 0 aromatic rings. The Hall–Kier alpha value is -0.0800. The van der Waals surface area contributed by atoms with E-state index in [1.165, 1.54) is 128 Å². The molecule has 0 aliphatic rings. The van der Waals surface area contributed by atoms with Gasteiger partial charge in [0.25, 0.3) is 0 Å². The van der Waals surface area contributed by atoms with Crippen molar-refractivity contribution in [2.75, 3.05) is 0 Å². The lowest BCUT2D eigenvalue weighted by atomic mass is 9.98. The van der Waals surface area contributed by atoms with Crippen LogP contribution in [0.15, 0.2) is 0 Å². The van der Waals surface area contributed by atoms with Gasteiger partial charge in [0.2, 0.25) is 0 Å². The Bertz CT molecular complexity index is 294. The first kappa shape index (κ1) is 28.9. The molecule has 0 aliphatic heterocycles. The molecule has 0 aliphatic carbocycles. The predicted octanol–water partition coefficient (Wildman–Crippen LogP) is 8.69. The lowest BCUT2D eigenvalue weighted by Crippen LogP contribution is -2.34. The Morgan fingerprint density at radius 3 is 1.07 bits per heavy atom. The fourth-order valence-corrected chi connectivity index (χ4v) is 4.29. The zero-order valence-electron chi connectivity index (χ0n) is 20.4. The molecule has 0 saturated heterocycles. The zero-order chi connectivity index (χ0) is 21.4. The molecule has 2 heteroatoms.